The number of ketones is 1. The van der Waals surface area contributed by atoms with Crippen LogP contribution in [0.5, 0.6) is 0 Å². The van der Waals surface area contributed by atoms with Crippen molar-refractivity contribution in [1.29, 1.82) is 0 Å². The molecule has 0 bridgehead atoms. The number of benzene rings is 1. The lowest BCUT2D eigenvalue weighted by molar-refractivity contribution is 0.101. The first-order valence-electron chi connectivity index (χ1n) is 3.78. The fourth-order valence-electron chi connectivity index (χ4n) is 0.864. The van der Waals surface area contributed by atoms with Crippen LogP contribution < -0.4 is 0 Å². The molecule has 0 heterocycles. The van der Waals surface area contributed by atoms with E-state index in [0.29, 0.717) is 0 Å². The molecule has 0 fully saturated rings. The topological polar surface area (TPSA) is 17.1 Å². The number of rotatable bonds is 1. The summed E-state index contributed by atoms with van der Waals surface area (Å²) in [4.78, 5) is 10.8. The number of hydrogen-bond donors (Lipinski definition) is 0. The minimum atomic E-state index is 0.128. The summed E-state index contributed by atoms with van der Waals surface area (Å²) < 4.78 is 0. The lowest BCUT2D eigenvalue weighted by atomic mass is 10.1. The molecule has 0 atom stereocenters. The smallest absolute Gasteiger partial charge is 0.159 e. The monoisotopic (exact) mass is 162 g/mol. The van der Waals surface area contributed by atoms with Crippen molar-refractivity contribution in [3.63, 3.8) is 0 Å². The van der Waals surface area contributed by atoms with Crippen molar-refractivity contribution in [1.82, 2.24) is 0 Å². The van der Waals surface area contributed by atoms with Crippen LogP contribution in [0, 0.1) is 6.92 Å². The zero-order valence-electron chi connectivity index (χ0n) is 7.63. The van der Waals surface area contributed by atoms with Crippen LogP contribution in [0.2, 0.25) is 0 Å². The average Bonchev–Trinajstić information content (AvgIpc) is 2.08. The van der Waals surface area contributed by atoms with Gasteiger partial charge in [-0.2, -0.15) is 0 Å². The Morgan fingerprint density at radius 1 is 1.33 bits per heavy atom. The van der Waals surface area contributed by atoms with Gasteiger partial charge in [0.05, 0.1) is 0 Å². The van der Waals surface area contributed by atoms with Crippen molar-refractivity contribution in [2.24, 2.45) is 0 Å². The molecule has 1 aromatic rings. The predicted molar refractivity (Wildman–Crippen MR) is 52.4 cm³/mol. The Morgan fingerprint density at radius 3 is 2.25 bits per heavy atom. The van der Waals surface area contributed by atoms with Gasteiger partial charge in [-0.05, 0) is 19.9 Å². The van der Waals surface area contributed by atoms with Gasteiger partial charge in [-0.25, -0.2) is 0 Å². The lowest BCUT2D eigenvalue weighted by Crippen LogP contribution is -1.90. The molecule has 1 aromatic carbocycles. The second kappa shape index (κ2) is 5.30. The molecule has 0 aromatic heterocycles. The zero-order chi connectivity index (χ0) is 9.56. The standard InChI is InChI=1S/C9H10O.C2H4/c1-7-4-3-5-9(6-7)8(2)10;1-2/h3-6H,1-2H3;1-2H2. The molecule has 1 nitrogen and oxygen atoms in total. The van der Waals surface area contributed by atoms with Gasteiger partial charge in [-0.1, -0.05) is 23.8 Å². The van der Waals surface area contributed by atoms with E-state index in [1.54, 1.807) is 6.92 Å². The van der Waals surface area contributed by atoms with Gasteiger partial charge in [-0.15, -0.1) is 13.2 Å². The summed E-state index contributed by atoms with van der Waals surface area (Å²) >= 11 is 0. The highest BCUT2D eigenvalue weighted by atomic mass is 16.1. The third-order valence-corrected chi connectivity index (χ3v) is 1.42. The average molecular weight is 162 g/mol. The van der Waals surface area contributed by atoms with Gasteiger partial charge in [0.25, 0.3) is 0 Å². The molecule has 1 rings (SSSR count). The third-order valence-electron chi connectivity index (χ3n) is 1.42. The van der Waals surface area contributed by atoms with Crippen LogP contribution in [0.3, 0.4) is 0 Å². The highest BCUT2D eigenvalue weighted by Gasteiger charge is 1.95. The lowest BCUT2D eigenvalue weighted by Gasteiger charge is -1.94. The Morgan fingerprint density at radius 2 is 1.92 bits per heavy atom. The number of Topliss-reactive ketones (excluding diaryl/α,β-unsaturated/α-hetero) is 1. The normalized spacial score (nSPS) is 8.17. The summed E-state index contributed by atoms with van der Waals surface area (Å²) in [7, 11) is 0. The van der Waals surface area contributed by atoms with Crippen LogP contribution in [0.15, 0.2) is 37.4 Å². The van der Waals surface area contributed by atoms with E-state index in [0.717, 1.165) is 11.1 Å². The van der Waals surface area contributed by atoms with Crippen molar-refractivity contribution in [2.45, 2.75) is 13.8 Å². The Bertz CT molecular complexity index is 263. The third kappa shape index (κ3) is 3.15. The highest BCUT2D eigenvalue weighted by molar-refractivity contribution is 5.94. The molecule has 0 radical (unpaired) electrons. The quantitative estimate of drug-likeness (QED) is 0.458. The molecule has 1 heteroatoms. The van der Waals surface area contributed by atoms with Crippen LogP contribution in [-0.2, 0) is 0 Å². The maximum atomic E-state index is 10.8. The molecule has 64 valence electrons. The van der Waals surface area contributed by atoms with Crippen LogP contribution in [0.25, 0.3) is 0 Å². The van der Waals surface area contributed by atoms with Crippen molar-refractivity contribution >= 4 is 5.78 Å². The first-order valence-corrected chi connectivity index (χ1v) is 3.78. The van der Waals surface area contributed by atoms with E-state index in [2.05, 4.69) is 13.2 Å². The summed E-state index contributed by atoms with van der Waals surface area (Å²) in [6.45, 7) is 9.56. The molecule has 0 saturated carbocycles. The zero-order valence-corrected chi connectivity index (χ0v) is 7.63. The molecule has 0 aliphatic rings. The SMILES string of the molecule is C=C.CC(=O)c1cccc(C)c1. The second-order valence-corrected chi connectivity index (χ2v) is 2.43. The van der Waals surface area contributed by atoms with E-state index in [1.165, 1.54) is 0 Å². The Hall–Kier alpha value is -1.37. The molecule has 0 N–H and O–H groups in total. The van der Waals surface area contributed by atoms with Crippen molar-refractivity contribution in [2.75, 3.05) is 0 Å². The van der Waals surface area contributed by atoms with Crippen LogP contribution in [0.1, 0.15) is 22.8 Å². The predicted octanol–water partition coefficient (Wildman–Crippen LogP) is 3.00. The Balaban J connectivity index is 0.000000561. The summed E-state index contributed by atoms with van der Waals surface area (Å²) in [5.74, 6) is 0.128. The number of hydrogen-bond acceptors (Lipinski definition) is 1. The van der Waals surface area contributed by atoms with Gasteiger partial charge < -0.3 is 0 Å². The van der Waals surface area contributed by atoms with Crippen molar-refractivity contribution < 1.29 is 4.79 Å². The van der Waals surface area contributed by atoms with E-state index in [4.69, 9.17) is 0 Å². The van der Waals surface area contributed by atoms with E-state index >= 15 is 0 Å². The molecule has 0 unspecified atom stereocenters. The molecule has 0 amide bonds. The van der Waals surface area contributed by atoms with Crippen molar-refractivity contribution in [3.05, 3.63) is 48.6 Å². The molecule has 0 spiro atoms. The van der Waals surface area contributed by atoms with Gasteiger partial charge >= 0.3 is 0 Å². The molecule has 12 heavy (non-hydrogen) atoms. The van der Waals surface area contributed by atoms with E-state index < -0.39 is 0 Å². The fraction of sp³-hybridized carbons (Fsp3) is 0.182. The maximum Gasteiger partial charge on any atom is 0.159 e. The Labute approximate surface area is 73.7 Å². The van der Waals surface area contributed by atoms with Gasteiger partial charge in [0.1, 0.15) is 0 Å². The molecular formula is C11H14O. The molecular weight excluding hydrogens is 148 g/mol. The van der Waals surface area contributed by atoms with E-state index in [-0.39, 0.29) is 5.78 Å². The minimum absolute atomic E-state index is 0.128. The number of carbonyl (C=O) groups excluding carboxylic acids is 1. The second-order valence-electron chi connectivity index (χ2n) is 2.43. The van der Waals surface area contributed by atoms with E-state index in [9.17, 15) is 4.79 Å². The fourth-order valence-corrected chi connectivity index (χ4v) is 0.864. The highest BCUT2D eigenvalue weighted by Crippen LogP contribution is 2.03. The molecule has 0 saturated heterocycles. The number of carbonyl (C=O) groups is 1. The van der Waals surface area contributed by atoms with Crippen molar-refractivity contribution in [3.8, 4) is 0 Å². The molecule has 0 aliphatic carbocycles. The van der Waals surface area contributed by atoms with Crippen LogP contribution in [-0.4, -0.2) is 5.78 Å². The Kier molecular flexibility index (Phi) is 4.70. The summed E-state index contributed by atoms with van der Waals surface area (Å²) in [6.07, 6.45) is 0. The van der Waals surface area contributed by atoms with Gasteiger partial charge in [0, 0.05) is 5.56 Å². The van der Waals surface area contributed by atoms with Crippen LogP contribution in [0.4, 0.5) is 0 Å². The minimum Gasteiger partial charge on any atom is -0.295 e. The van der Waals surface area contributed by atoms with Gasteiger partial charge in [0.2, 0.25) is 0 Å². The number of aryl methyl sites for hydroxylation is 1. The first kappa shape index (κ1) is 10.6. The van der Waals surface area contributed by atoms with Gasteiger partial charge in [0.15, 0.2) is 5.78 Å². The summed E-state index contributed by atoms with van der Waals surface area (Å²) in [5.41, 5.74) is 1.92. The van der Waals surface area contributed by atoms with Gasteiger partial charge in [-0.3, -0.25) is 4.79 Å². The maximum absolute atomic E-state index is 10.8. The van der Waals surface area contributed by atoms with Crippen LogP contribution >= 0.6 is 0 Å². The first-order chi connectivity index (χ1) is 5.70. The largest absolute Gasteiger partial charge is 0.295 e. The molecule has 0 aliphatic heterocycles. The van der Waals surface area contributed by atoms with E-state index in [1.807, 2.05) is 31.2 Å². The summed E-state index contributed by atoms with van der Waals surface area (Å²) in [6, 6.07) is 7.59. The summed E-state index contributed by atoms with van der Waals surface area (Å²) in [5, 5.41) is 0.